The van der Waals surface area contributed by atoms with Gasteiger partial charge in [0.25, 0.3) is 0 Å². The second-order valence-electron chi connectivity index (χ2n) is 6.04. The van der Waals surface area contributed by atoms with Gasteiger partial charge in [-0.1, -0.05) is 0 Å². The average molecular weight is 392 g/mol. The normalized spacial score (nSPS) is 12.9. The molecule has 1 rings (SSSR count). The maximum Gasteiger partial charge on any atom is 0.416 e. The second-order valence-corrected chi connectivity index (χ2v) is 6.04. The molecule has 0 saturated carbocycles. The smallest absolute Gasteiger partial charge is 0.416 e. The van der Waals surface area contributed by atoms with Gasteiger partial charge in [-0.3, -0.25) is 9.69 Å². The van der Waals surface area contributed by atoms with Crippen molar-refractivity contribution in [2.75, 3.05) is 52.9 Å². The van der Waals surface area contributed by atoms with Crippen LogP contribution in [0.15, 0.2) is 18.2 Å². The molecule has 0 aliphatic carbocycles. The lowest BCUT2D eigenvalue weighted by atomic mass is 10.1. The topological polar surface area (TPSA) is 60.0 Å². The van der Waals surface area contributed by atoms with Crippen LogP contribution >= 0.6 is 0 Å². The maximum atomic E-state index is 13.0. The summed E-state index contributed by atoms with van der Waals surface area (Å²) in [5.41, 5.74) is -0.888. The number of halogens is 3. The molecule has 0 radical (unpaired) electrons. The minimum absolute atomic E-state index is 0.0249. The van der Waals surface area contributed by atoms with Gasteiger partial charge in [0.05, 0.1) is 23.9 Å². The van der Waals surface area contributed by atoms with E-state index in [9.17, 15) is 18.0 Å². The Morgan fingerprint density at radius 3 is 2.44 bits per heavy atom. The number of hydrogen-bond acceptors (Lipinski definition) is 5. The third kappa shape index (κ3) is 7.74. The fourth-order valence-electron chi connectivity index (χ4n) is 2.25. The number of amides is 1. The molecule has 1 unspecified atom stereocenters. The Morgan fingerprint density at radius 2 is 1.85 bits per heavy atom. The Kier molecular flexibility index (Phi) is 9.54. The minimum atomic E-state index is -4.52. The van der Waals surface area contributed by atoms with Gasteiger partial charge in [-0.2, -0.15) is 13.2 Å². The molecule has 0 aliphatic rings. The highest BCUT2D eigenvalue weighted by Crippen LogP contribution is 2.35. The number of ether oxygens (including phenoxy) is 3. The van der Waals surface area contributed by atoms with E-state index in [4.69, 9.17) is 14.2 Å². The van der Waals surface area contributed by atoms with E-state index >= 15 is 0 Å². The molecule has 1 atom stereocenters. The zero-order valence-electron chi connectivity index (χ0n) is 16.1. The summed E-state index contributed by atoms with van der Waals surface area (Å²) in [6.45, 7) is 3.28. The van der Waals surface area contributed by atoms with Crippen LogP contribution in [0.1, 0.15) is 18.9 Å². The lowest BCUT2D eigenvalue weighted by Gasteiger charge is -2.24. The van der Waals surface area contributed by atoms with E-state index in [2.05, 4.69) is 5.32 Å². The van der Waals surface area contributed by atoms with Gasteiger partial charge >= 0.3 is 6.18 Å². The van der Waals surface area contributed by atoms with Crippen molar-refractivity contribution in [2.45, 2.75) is 25.6 Å². The first-order chi connectivity index (χ1) is 12.7. The van der Waals surface area contributed by atoms with Crippen molar-refractivity contribution in [3.05, 3.63) is 23.8 Å². The van der Waals surface area contributed by atoms with Crippen LogP contribution in [0, 0.1) is 0 Å². The van der Waals surface area contributed by atoms with Gasteiger partial charge in [-0.15, -0.1) is 0 Å². The number of nitrogens with one attached hydrogen (secondary N) is 1. The van der Waals surface area contributed by atoms with E-state index in [1.54, 1.807) is 26.0 Å². The van der Waals surface area contributed by atoms with E-state index in [1.165, 1.54) is 13.2 Å². The Balaban J connectivity index is 2.91. The molecule has 0 saturated heterocycles. The molecular weight excluding hydrogens is 365 g/mol. The van der Waals surface area contributed by atoms with Crippen LogP contribution < -0.4 is 10.1 Å². The summed E-state index contributed by atoms with van der Waals surface area (Å²) < 4.78 is 54.3. The summed E-state index contributed by atoms with van der Waals surface area (Å²) >= 11 is 0. The van der Waals surface area contributed by atoms with Crippen LogP contribution in [0.3, 0.4) is 0 Å². The molecule has 6 nitrogen and oxygen atoms in total. The van der Waals surface area contributed by atoms with Crippen LogP contribution in [0.25, 0.3) is 0 Å². The zero-order chi connectivity index (χ0) is 20.4. The van der Waals surface area contributed by atoms with Crippen LogP contribution in [0.5, 0.6) is 5.75 Å². The summed E-state index contributed by atoms with van der Waals surface area (Å²) in [5, 5.41) is 2.54. The minimum Gasteiger partial charge on any atom is -0.489 e. The van der Waals surface area contributed by atoms with E-state index < -0.39 is 23.7 Å². The number of likely N-dealkylation sites (N-methyl/N-ethyl adjacent to an activating group) is 1. The Bertz CT molecular complexity index is 596. The SMILES string of the molecule is COCCCN(C)C(C)C(=O)Nc1cc(C(F)(F)F)ccc1OCCOC. The van der Waals surface area contributed by atoms with Crippen molar-refractivity contribution >= 4 is 11.6 Å². The van der Waals surface area contributed by atoms with Crippen molar-refractivity contribution in [3.63, 3.8) is 0 Å². The standard InChI is InChI=1S/C18H27F3N2O4/c1-13(23(2)8-5-9-25-3)17(24)22-15-12-14(18(19,20)21)6-7-16(15)27-11-10-26-4/h6-7,12-13H,5,8-11H2,1-4H3,(H,22,24). The molecule has 0 heterocycles. The van der Waals surface area contributed by atoms with Crippen molar-refractivity contribution in [3.8, 4) is 5.75 Å². The third-order valence-corrected chi connectivity index (χ3v) is 4.01. The van der Waals surface area contributed by atoms with E-state index in [0.29, 0.717) is 13.2 Å². The molecule has 1 aromatic rings. The summed E-state index contributed by atoms with van der Waals surface area (Å²) in [6, 6.07) is 2.44. The maximum absolute atomic E-state index is 13.0. The first kappa shape index (κ1) is 23.2. The first-order valence-electron chi connectivity index (χ1n) is 8.53. The summed E-state index contributed by atoms with van der Waals surface area (Å²) in [6.07, 6.45) is -3.79. The number of alkyl halides is 3. The molecule has 27 heavy (non-hydrogen) atoms. The molecule has 154 valence electrons. The molecule has 1 amide bonds. The van der Waals surface area contributed by atoms with Gasteiger partial charge in [0.15, 0.2) is 0 Å². The summed E-state index contributed by atoms with van der Waals surface area (Å²) in [5.74, 6) is -0.270. The Labute approximate surface area is 157 Å². The van der Waals surface area contributed by atoms with Crippen molar-refractivity contribution < 1.29 is 32.2 Å². The van der Waals surface area contributed by atoms with Gasteiger partial charge in [-0.25, -0.2) is 0 Å². The van der Waals surface area contributed by atoms with Crippen LogP contribution in [-0.2, 0) is 20.4 Å². The van der Waals surface area contributed by atoms with Crippen molar-refractivity contribution in [1.82, 2.24) is 4.90 Å². The van der Waals surface area contributed by atoms with E-state index in [-0.39, 0.29) is 24.7 Å². The molecule has 0 spiro atoms. The van der Waals surface area contributed by atoms with Crippen LogP contribution in [0.2, 0.25) is 0 Å². The van der Waals surface area contributed by atoms with Crippen LogP contribution in [-0.4, -0.2) is 64.5 Å². The van der Waals surface area contributed by atoms with E-state index in [0.717, 1.165) is 18.6 Å². The van der Waals surface area contributed by atoms with Crippen molar-refractivity contribution in [1.29, 1.82) is 0 Å². The van der Waals surface area contributed by atoms with Gasteiger partial charge in [-0.05, 0) is 38.6 Å². The van der Waals surface area contributed by atoms with Crippen LogP contribution in [0.4, 0.5) is 18.9 Å². The monoisotopic (exact) mass is 392 g/mol. The van der Waals surface area contributed by atoms with Gasteiger partial charge in [0, 0.05) is 27.4 Å². The number of nitrogens with zero attached hydrogens (tertiary/aromatic N) is 1. The number of rotatable bonds is 11. The number of carbonyl (C=O) groups excluding carboxylic acids is 1. The Hall–Kier alpha value is -1.84. The van der Waals surface area contributed by atoms with Gasteiger partial charge < -0.3 is 19.5 Å². The number of hydrogen-bond donors (Lipinski definition) is 1. The highest BCUT2D eigenvalue weighted by Gasteiger charge is 2.31. The molecule has 0 aliphatic heterocycles. The average Bonchev–Trinajstić information content (AvgIpc) is 2.61. The molecule has 0 aromatic heterocycles. The highest BCUT2D eigenvalue weighted by atomic mass is 19.4. The summed E-state index contributed by atoms with van der Waals surface area (Å²) in [4.78, 5) is 14.3. The number of benzene rings is 1. The zero-order valence-corrected chi connectivity index (χ0v) is 16.1. The van der Waals surface area contributed by atoms with Gasteiger partial charge in [0.2, 0.25) is 5.91 Å². The Morgan fingerprint density at radius 1 is 1.19 bits per heavy atom. The largest absolute Gasteiger partial charge is 0.489 e. The first-order valence-corrected chi connectivity index (χ1v) is 8.53. The number of methoxy groups -OCH3 is 2. The molecule has 9 heteroatoms. The fourth-order valence-corrected chi connectivity index (χ4v) is 2.25. The van der Waals surface area contributed by atoms with E-state index in [1.807, 2.05) is 0 Å². The number of anilines is 1. The molecule has 1 aromatic carbocycles. The predicted octanol–water partition coefficient (Wildman–Crippen LogP) is 3.03. The lowest BCUT2D eigenvalue weighted by molar-refractivity contribution is -0.137. The summed E-state index contributed by atoms with van der Waals surface area (Å²) in [7, 11) is 4.84. The molecule has 0 fully saturated rings. The highest BCUT2D eigenvalue weighted by molar-refractivity contribution is 5.96. The molecule has 0 bridgehead atoms. The second kappa shape index (κ2) is 11.1. The quantitative estimate of drug-likeness (QED) is 0.587. The van der Waals surface area contributed by atoms with Crippen molar-refractivity contribution in [2.24, 2.45) is 0 Å². The molecular formula is C18H27F3N2O4. The number of carbonyl (C=O) groups is 1. The third-order valence-electron chi connectivity index (χ3n) is 4.01. The molecule has 1 N–H and O–H groups in total. The fraction of sp³-hybridized carbons (Fsp3) is 0.611. The van der Waals surface area contributed by atoms with Gasteiger partial charge in [0.1, 0.15) is 12.4 Å². The predicted molar refractivity (Wildman–Crippen MR) is 96.0 cm³/mol. The lowest BCUT2D eigenvalue weighted by Crippen LogP contribution is -2.40.